The molecule has 0 spiro atoms. The van der Waals surface area contributed by atoms with Crippen LogP contribution in [0, 0.1) is 0 Å². The van der Waals surface area contributed by atoms with Crippen LogP contribution >= 0.6 is 11.3 Å². The second-order valence-electron chi connectivity index (χ2n) is 5.68. The maximum Gasteiger partial charge on any atom is 0.434 e. The van der Waals surface area contributed by atoms with Crippen molar-refractivity contribution in [2.45, 2.75) is 26.2 Å². The van der Waals surface area contributed by atoms with E-state index in [4.69, 9.17) is 0 Å². The summed E-state index contributed by atoms with van der Waals surface area (Å²) in [4.78, 5) is 12.0. The molecule has 0 fully saturated rings. The number of guanidine groups is 1. The zero-order valence-electron chi connectivity index (χ0n) is 14.9. The number of alkyl halides is 3. The Morgan fingerprint density at radius 3 is 2.61 bits per heavy atom. The molecule has 0 amide bonds. The van der Waals surface area contributed by atoms with Crippen molar-refractivity contribution in [3.63, 3.8) is 0 Å². The number of thiazole rings is 1. The maximum atomic E-state index is 12.6. The molecule has 0 radical (unpaired) electrons. The number of aliphatic imine (C=N–C) groups is 1. The van der Waals surface area contributed by atoms with Crippen LogP contribution in [0.15, 0.2) is 47.3 Å². The molecular formula is C17H18F3N7S. The van der Waals surface area contributed by atoms with Crippen molar-refractivity contribution < 1.29 is 13.2 Å². The van der Waals surface area contributed by atoms with Gasteiger partial charge in [-0.05, 0) is 24.6 Å². The summed E-state index contributed by atoms with van der Waals surface area (Å²) in [6.45, 7) is 3.12. The summed E-state index contributed by atoms with van der Waals surface area (Å²) >= 11 is 0.961. The Morgan fingerprint density at radius 1 is 1.21 bits per heavy atom. The van der Waals surface area contributed by atoms with Crippen LogP contribution in [-0.4, -0.2) is 32.3 Å². The molecule has 28 heavy (non-hydrogen) atoms. The first-order chi connectivity index (χ1) is 13.5. The number of rotatable bonds is 6. The molecule has 11 heteroatoms. The summed E-state index contributed by atoms with van der Waals surface area (Å²) in [6.07, 6.45) is -1.35. The monoisotopic (exact) mass is 409 g/mol. The van der Waals surface area contributed by atoms with E-state index in [2.05, 4.69) is 30.7 Å². The molecule has 3 aromatic rings. The van der Waals surface area contributed by atoms with Crippen molar-refractivity contribution >= 4 is 17.3 Å². The lowest BCUT2D eigenvalue weighted by Crippen LogP contribution is -2.36. The van der Waals surface area contributed by atoms with Gasteiger partial charge in [0.25, 0.3) is 0 Å². The highest BCUT2D eigenvalue weighted by Gasteiger charge is 2.33. The van der Waals surface area contributed by atoms with Crippen LogP contribution in [-0.2, 0) is 19.3 Å². The van der Waals surface area contributed by atoms with Crippen molar-refractivity contribution in [3.05, 3.63) is 58.6 Å². The maximum absolute atomic E-state index is 12.6. The molecule has 2 aromatic heterocycles. The Morgan fingerprint density at radius 2 is 2.00 bits per heavy atom. The van der Waals surface area contributed by atoms with Crippen LogP contribution in [0.25, 0.3) is 5.69 Å². The Bertz CT molecular complexity index is 902. The first-order valence-electron chi connectivity index (χ1n) is 8.43. The molecule has 0 unspecified atom stereocenters. The van der Waals surface area contributed by atoms with E-state index < -0.39 is 11.9 Å². The third-order valence-electron chi connectivity index (χ3n) is 3.63. The number of halogens is 3. The lowest BCUT2D eigenvalue weighted by atomic mass is 10.2. The Labute approximate surface area is 163 Å². The van der Waals surface area contributed by atoms with E-state index in [1.165, 1.54) is 6.33 Å². The SMILES string of the molecule is CCNC(=NCc1ccc(-n2cncn2)cc1)NCc1nc(C(F)(F)F)cs1. The molecule has 2 heterocycles. The van der Waals surface area contributed by atoms with E-state index in [0.29, 0.717) is 24.1 Å². The highest BCUT2D eigenvalue weighted by Crippen LogP contribution is 2.29. The van der Waals surface area contributed by atoms with Crippen molar-refractivity contribution in [2.24, 2.45) is 4.99 Å². The quantitative estimate of drug-likeness (QED) is 0.483. The van der Waals surface area contributed by atoms with E-state index in [1.54, 1.807) is 11.0 Å². The van der Waals surface area contributed by atoms with Gasteiger partial charge in [0.05, 0.1) is 18.8 Å². The fraction of sp³-hybridized carbons (Fsp3) is 0.294. The lowest BCUT2D eigenvalue weighted by Gasteiger charge is -2.10. The third-order valence-corrected chi connectivity index (χ3v) is 4.48. The molecule has 3 rings (SSSR count). The van der Waals surface area contributed by atoms with Gasteiger partial charge in [0.2, 0.25) is 0 Å². The number of hydrogen-bond acceptors (Lipinski definition) is 5. The van der Waals surface area contributed by atoms with Gasteiger partial charge in [-0.3, -0.25) is 0 Å². The van der Waals surface area contributed by atoms with Gasteiger partial charge in [0.1, 0.15) is 17.7 Å². The summed E-state index contributed by atoms with van der Waals surface area (Å²) in [5.74, 6) is 0.506. The molecule has 0 aliphatic heterocycles. The van der Waals surface area contributed by atoms with E-state index in [1.807, 2.05) is 31.2 Å². The zero-order valence-corrected chi connectivity index (χ0v) is 15.8. The van der Waals surface area contributed by atoms with Crippen molar-refractivity contribution in [1.82, 2.24) is 30.4 Å². The lowest BCUT2D eigenvalue weighted by molar-refractivity contribution is -0.140. The fourth-order valence-corrected chi connectivity index (χ4v) is 3.03. The minimum atomic E-state index is -4.42. The fourth-order valence-electron chi connectivity index (χ4n) is 2.29. The number of hydrogen-bond donors (Lipinski definition) is 2. The third kappa shape index (κ3) is 5.28. The van der Waals surface area contributed by atoms with Crippen LogP contribution in [0.5, 0.6) is 0 Å². The molecule has 7 nitrogen and oxygen atoms in total. The van der Waals surface area contributed by atoms with Gasteiger partial charge in [-0.2, -0.15) is 18.3 Å². The van der Waals surface area contributed by atoms with Gasteiger partial charge < -0.3 is 10.6 Å². The van der Waals surface area contributed by atoms with E-state index in [9.17, 15) is 13.2 Å². The van der Waals surface area contributed by atoms with Gasteiger partial charge >= 0.3 is 6.18 Å². The van der Waals surface area contributed by atoms with Crippen molar-refractivity contribution in [3.8, 4) is 5.69 Å². The van der Waals surface area contributed by atoms with E-state index >= 15 is 0 Å². The minimum absolute atomic E-state index is 0.165. The van der Waals surface area contributed by atoms with Gasteiger partial charge in [0.15, 0.2) is 11.7 Å². The highest BCUT2D eigenvalue weighted by molar-refractivity contribution is 7.09. The highest BCUT2D eigenvalue weighted by atomic mass is 32.1. The first-order valence-corrected chi connectivity index (χ1v) is 9.31. The predicted octanol–water partition coefficient (Wildman–Crippen LogP) is 3.00. The van der Waals surface area contributed by atoms with Gasteiger partial charge in [-0.1, -0.05) is 12.1 Å². The molecule has 0 saturated carbocycles. The summed E-state index contributed by atoms with van der Waals surface area (Å²) in [5, 5.41) is 11.5. The Kier molecular flexibility index (Phi) is 6.24. The second kappa shape index (κ2) is 8.83. The summed E-state index contributed by atoms with van der Waals surface area (Å²) in [7, 11) is 0. The summed E-state index contributed by atoms with van der Waals surface area (Å²) in [5.41, 5.74) is 0.998. The Hall–Kier alpha value is -2.95. The first kappa shape index (κ1) is 19.8. The largest absolute Gasteiger partial charge is 0.434 e. The predicted molar refractivity (Wildman–Crippen MR) is 100 cm³/mol. The van der Waals surface area contributed by atoms with Crippen LogP contribution in [0.3, 0.4) is 0 Å². The standard InChI is InChI=1S/C17H18F3N7S/c1-2-22-16(24-8-15-26-14(9-28-15)17(18,19)20)23-7-12-3-5-13(6-4-12)27-11-21-10-25-27/h3-6,9-11H,2,7-8H2,1H3,(H2,22,23,24). The number of nitrogens with one attached hydrogen (secondary N) is 2. The van der Waals surface area contributed by atoms with E-state index in [-0.39, 0.29) is 6.54 Å². The molecule has 2 N–H and O–H groups in total. The normalized spacial score (nSPS) is 12.2. The van der Waals surface area contributed by atoms with E-state index in [0.717, 1.165) is 28.0 Å². The second-order valence-corrected chi connectivity index (χ2v) is 6.62. The van der Waals surface area contributed by atoms with Crippen LogP contribution in [0.1, 0.15) is 23.2 Å². The number of nitrogens with zero attached hydrogens (tertiary/aromatic N) is 5. The average molecular weight is 409 g/mol. The average Bonchev–Trinajstić information content (AvgIpc) is 3.36. The summed E-state index contributed by atoms with van der Waals surface area (Å²) in [6, 6.07) is 7.68. The minimum Gasteiger partial charge on any atom is -0.357 e. The summed E-state index contributed by atoms with van der Waals surface area (Å²) < 4.78 is 39.5. The molecule has 0 aliphatic carbocycles. The van der Waals surface area contributed by atoms with Crippen LogP contribution in [0.2, 0.25) is 0 Å². The number of aromatic nitrogens is 4. The zero-order chi connectivity index (χ0) is 20.0. The smallest absolute Gasteiger partial charge is 0.357 e. The van der Waals surface area contributed by atoms with Crippen molar-refractivity contribution in [1.29, 1.82) is 0 Å². The van der Waals surface area contributed by atoms with Crippen LogP contribution < -0.4 is 10.6 Å². The molecule has 0 aliphatic rings. The van der Waals surface area contributed by atoms with Crippen LogP contribution in [0.4, 0.5) is 13.2 Å². The topological polar surface area (TPSA) is 80.0 Å². The van der Waals surface area contributed by atoms with Crippen molar-refractivity contribution in [2.75, 3.05) is 6.54 Å². The Balaban J connectivity index is 1.60. The molecule has 0 saturated heterocycles. The van der Waals surface area contributed by atoms with Gasteiger partial charge in [-0.15, -0.1) is 11.3 Å². The molecule has 1 aromatic carbocycles. The molecule has 0 bridgehead atoms. The molecular weight excluding hydrogens is 391 g/mol. The molecule has 0 atom stereocenters. The van der Waals surface area contributed by atoms with Gasteiger partial charge in [-0.25, -0.2) is 19.6 Å². The number of benzene rings is 1. The molecule has 148 valence electrons. The van der Waals surface area contributed by atoms with Gasteiger partial charge in [0, 0.05) is 11.9 Å².